The Labute approximate surface area is 161 Å². The van der Waals surface area contributed by atoms with Crippen molar-refractivity contribution in [2.75, 3.05) is 12.3 Å². The van der Waals surface area contributed by atoms with Crippen molar-refractivity contribution >= 4 is 27.3 Å². The molecule has 142 valence electrons. The molecule has 9 heteroatoms. The van der Waals surface area contributed by atoms with Gasteiger partial charge in [0.15, 0.2) is 10.8 Å². The van der Waals surface area contributed by atoms with Gasteiger partial charge < -0.3 is 9.73 Å². The molecule has 2 heterocycles. The minimum absolute atomic E-state index is 0.00429. The Hall–Kier alpha value is -2.49. The van der Waals surface area contributed by atoms with Gasteiger partial charge in [0.2, 0.25) is 10.0 Å². The number of rotatable bonds is 8. The van der Waals surface area contributed by atoms with Gasteiger partial charge in [0.1, 0.15) is 11.5 Å². The third-order valence-corrected chi connectivity index (χ3v) is 5.87. The number of carbonyl (C=O) groups is 1. The number of benzene rings is 1. The lowest BCUT2D eigenvalue weighted by atomic mass is 10.2. The Morgan fingerprint density at radius 1 is 1.19 bits per heavy atom. The van der Waals surface area contributed by atoms with Gasteiger partial charge >= 0.3 is 0 Å². The molecule has 0 fully saturated rings. The first-order valence-corrected chi connectivity index (χ1v) is 10.8. The number of carbonyl (C=O) groups excluding carboxylic acids is 1. The van der Waals surface area contributed by atoms with Gasteiger partial charge in [-0.3, -0.25) is 4.79 Å². The summed E-state index contributed by atoms with van der Waals surface area (Å²) >= 11 is 1.29. The number of hydrogen-bond donors (Lipinski definition) is 2. The molecule has 2 N–H and O–H groups in total. The van der Waals surface area contributed by atoms with Crippen LogP contribution >= 0.6 is 11.3 Å². The predicted octanol–water partition coefficient (Wildman–Crippen LogP) is 2.56. The molecule has 0 spiro atoms. The molecule has 7 nitrogen and oxygen atoms in total. The Kier molecular flexibility index (Phi) is 6.04. The van der Waals surface area contributed by atoms with Crippen LogP contribution in [-0.2, 0) is 16.6 Å². The first-order chi connectivity index (χ1) is 12.9. The predicted molar refractivity (Wildman–Crippen MR) is 104 cm³/mol. The second-order valence-corrected chi connectivity index (χ2v) is 8.61. The summed E-state index contributed by atoms with van der Waals surface area (Å²) in [6.45, 7) is 2.04. The van der Waals surface area contributed by atoms with E-state index in [0.717, 1.165) is 11.3 Å². The van der Waals surface area contributed by atoms with E-state index in [1.54, 1.807) is 11.4 Å². The van der Waals surface area contributed by atoms with Crippen molar-refractivity contribution in [1.29, 1.82) is 0 Å². The Bertz CT molecular complexity index is 1010. The van der Waals surface area contributed by atoms with Crippen molar-refractivity contribution in [1.82, 2.24) is 15.0 Å². The molecule has 0 unspecified atom stereocenters. The highest BCUT2D eigenvalue weighted by Crippen LogP contribution is 2.25. The summed E-state index contributed by atoms with van der Waals surface area (Å²) in [5, 5.41) is 4.80. The molecule has 0 radical (unpaired) electrons. The third-order valence-electron chi connectivity index (χ3n) is 3.68. The summed E-state index contributed by atoms with van der Waals surface area (Å²) < 4.78 is 32.0. The van der Waals surface area contributed by atoms with Gasteiger partial charge in [-0.1, -0.05) is 30.3 Å². The van der Waals surface area contributed by atoms with Gasteiger partial charge in [-0.2, -0.15) is 0 Å². The number of thiazole rings is 1. The van der Waals surface area contributed by atoms with Crippen LogP contribution in [0.5, 0.6) is 0 Å². The maximum Gasteiger partial charge on any atom is 0.270 e. The smallest absolute Gasteiger partial charge is 0.270 e. The van der Waals surface area contributed by atoms with E-state index in [1.165, 1.54) is 11.3 Å². The Balaban J connectivity index is 1.48. The number of nitrogens with one attached hydrogen (secondary N) is 2. The lowest BCUT2D eigenvalue weighted by Crippen LogP contribution is -2.34. The van der Waals surface area contributed by atoms with E-state index < -0.39 is 15.9 Å². The minimum Gasteiger partial charge on any atom is -0.459 e. The molecule has 0 saturated carbocycles. The van der Waals surface area contributed by atoms with Crippen LogP contribution < -0.4 is 10.0 Å². The number of hydrogen-bond acceptors (Lipinski definition) is 6. The quantitative estimate of drug-likeness (QED) is 0.600. The molecule has 0 aliphatic carbocycles. The standard InChI is InChI=1S/C18H19N3O4S2/c1-13-7-8-16(25-13)18-21-15(12-26-18)17(22)19-9-10-27(23,24)20-11-14-5-3-2-4-6-14/h2-8,12,20H,9-11H2,1H3,(H,19,22). The average molecular weight is 406 g/mol. The number of aromatic nitrogens is 1. The second-order valence-electron chi connectivity index (χ2n) is 5.83. The van der Waals surface area contributed by atoms with Gasteiger partial charge in [0, 0.05) is 18.5 Å². The van der Waals surface area contributed by atoms with Crippen molar-refractivity contribution in [3.63, 3.8) is 0 Å². The van der Waals surface area contributed by atoms with Gasteiger partial charge in [0.25, 0.3) is 5.91 Å². The topological polar surface area (TPSA) is 101 Å². The average Bonchev–Trinajstić information content (AvgIpc) is 3.30. The highest BCUT2D eigenvalue weighted by atomic mass is 32.2. The van der Waals surface area contributed by atoms with E-state index in [4.69, 9.17) is 4.42 Å². The second kappa shape index (κ2) is 8.47. The fourth-order valence-corrected chi connectivity index (χ4v) is 3.95. The molecule has 0 aliphatic rings. The molecule has 3 aromatic rings. The summed E-state index contributed by atoms with van der Waals surface area (Å²) in [6.07, 6.45) is 0. The molecular formula is C18H19N3O4S2. The number of amides is 1. The molecule has 0 aliphatic heterocycles. The Morgan fingerprint density at radius 3 is 2.67 bits per heavy atom. The van der Waals surface area contributed by atoms with Crippen molar-refractivity contribution in [3.05, 3.63) is 64.9 Å². The van der Waals surface area contributed by atoms with Crippen molar-refractivity contribution < 1.29 is 17.6 Å². The lowest BCUT2D eigenvalue weighted by Gasteiger charge is -2.07. The van der Waals surface area contributed by atoms with E-state index in [9.17, 15) is 13.2 Å². The maximum atomic E-state index is 12.1. The van der Waals surface area contributed by atoms with Gasteiger partial charge in [-0.25, -0.2) is 18.1 Å². The lowest BCUT2D eigenvalue weighted by molar-refractivity contribution is 0.0952. The number of furan rings is 1. The number of sulfonamides is 1. The maximum absolute atomic E-state index is 12.1. The molecule has 2 aromatic heterocycles. The van der Waals surface area contributed by atoms with Gasteiger partial charge in [-0.05, 0) is 24.6 Å². The molecule has 0 atom stereocenters. The van der Waals surface area contributed by atoms with Crippen molar-refractivity contribution in [2.45, 2.75) is 13.5 Å². The molecular weight excluding hydrogens is 386 g/mol. The number of nitrogens with zero attached hydrogens (tertiary/aromatic N) is 1. The van der Waals surface area contributed by atoms with E-state index in [-0.39, 0.29) is 24.5 Å². The van der Waals surface area contributed by atoms with Crippen LogP contribution in [0.25, 0.3) is 10.8 Å². The summed E-state index contributed by atoms with van der Waals surface area (Å²) in [4.78, 5) is 16.4. The van der Waals surface area contributed by atoms with E-state index in [1.807, 2.05) is 43.3 Å². The normalized spacial score (nSPS) is 11.4. The van der Waals surface area contributed by atoms with Gasteiger partial charge in [0.05, 0.1) is 5.75 Å². The molecule has 0 bridgehead atoms. The summed E-state index contributed by atoms with van der Waals surface area (Å²) in [5.41, 5.74) is 1.10. The first-order valence-electron chi connectivity index (χ1n) is 8.25. The van der Waals surface area contributed by atoms with Crippen LogP contribution in [0.4, 0.5) is 0 Å². The van der Waals surface area contributed by atoms with Crippen LogP contribution in [0, 0.1) is 6.92 Å². The van der Waals surface area contributed by atoms with E-state index in [2.05, 4.69) is 15.0 Å². The molecule has 3 rings (SSSR count). The van der Waals surface area contributed by atoms with Crippen LogP contribution in [0.2, 0.25) is 0 Å². The molecule has 27 heavy (non-hydrogen) atoms. The SMILES string of the molecule is Cc1ccc(-c2nc(C(=O)NCCS(=O)(=O)NCc3ccccc3)cs2)o1. The van der Waals surface area contributed by atoms with Crippen LogP contribution in [0.15, 0.2) is 52.3 Å². The third kappa shape index (κ3) is 5.49. The zero-order chi connectivity index (χ0) is 19.3. The molecule has 0 saturated heterocycles. The zero-order valence-corrected chi connectivity index (χ0v) is 16.3. The minimum atomic E-state index is -3.49. The van der Waals surface area contributed by atoms with Crippen LogP contribution in [0.1, 0.15) is 21.8 Å². The first kappa shape index (κ1) is 19.3. The van der Waals surface area contributed by atoms with Crippen molar-refractivity contribution in [2.24, 2.45) is 0 Å². The highest BCUT2D eigenvalue weighted by molar-refractivity contribution is 7.89. The molecule has 1 aromatic carbocycles. The Morgan fingerprint density at radius 2 is 1.96 bits per heavy atom. The number of aryl methyl sites for hydroxylation is 1. The van der Waals surface area contributed by atoms with Crippen molar-refractivity contribution in [3.8, 4) is 10.8 Å². The summed E-state index contributed by atoms with van der Waals surface area (Å²) in [5.74, 6) is 0.739. The summed E-state index contributed by atoms with van der Waals surface area (Å²) in [7, 11) is -3.49. The fraction of sp³-hybridized carbons (Fsp3) is 0.222. The van der Waals surface area contributed by atoms with E-state index in [0.29, 0.717) is 10.8 Å². The summed E-state index contributed by atoms with van der Waals surface area (Å²) in [6, 6.07) is 12.8. The zero-order valence-electron chi connectivity index (χ0n) is 14.6. The van der Waals surface area contributed by atoms with Crippen LogP contribution in [0.3, 0.4) is 0 Å². The molecule has 1 amide bonds. The highest BCUT2D eigenvalue weighted by Gasteiger charge is 2.15. The monoisotopic (exact) mass is 405 g/mol. The largest absolute Gasteiger partial charge is 0.459 e. The van der Waals surface area contributed by atoms with E-state index >= 15 is 0 Å². The van der Waals surface area contributed by atoms with Crippen LogP contribution in [-0.4, -0.2) is 31.6 Å². The fourth-order valence-electron chi connectivity index (χ4n) is 2.29. The van der Waals surface area contributed by atoms with Gasteiger partial charge in [-0.15, -0.1) is 11.3 Å².